The van der Waals surface area contributed by atoms with Gasteiger partial charge in [-0.3, -0.25) is 4.90 Å². The second-order valence-corrected chi connectivity index (χ2v) is 5.82. The van der Waals surface area contributed by atoms with Crippen LogP contribution in [0.2, 0.25) is 0 Å². The molecule has 1 aliphatic carbocycles. The monoisotopic (exact) mass is 256 g/mol. The van der Waals surface area contributed by atoms with Crippen molar-refractivity contribution in [2.45, 2.75) is 70.4 Å². The Morgan fingerprint density at radius 3 is 2.28 bits per heavy atom. The van der Waals surface area contributed by atoms with E-state index in [-0.39, 0.29) is 5.54 Å². The van der Waals surface area contributed by atoms with Crippen molar-refractivity contribution in [3.8, 4) is 0 Å². The lowest BCUT2D eigenvalue weighted by molar-refractivity contribution is 0.108. The number of ether oxygens (including phenoxy) is 1. The lowest BCUT2D eigenvalue weighted by Crippen LogP contribution is -2.44. The molecule has 1 fully saturated rings. The second-order valence-electron chi connectivity index (χ2n) is 5.82. The van der Waals surface area contributed by atoms with Crippen LogP contribution in [0.3, 0.4) is 0 Å². The topological polar surface area (TPSA) is 38.5 Å². The van der Waals surface area contributed by atoms with Gasteiger partial charge in [-0.15, -0.1) is 0 Å². The van der Waals surface area contributed by atoms with E-state index in [4.69, 9.17) is 10.5 Å². The predicted molar refractivity (Wildman–Crippen MR) is 77.8 cm³/mol. The summed E-state index contributed by atoms with van der Waals surface area (Å²) in [5, 5.41) is 0. The summed E-state index contributed by atoms with van der Waals surface area (Å²) in [4.78, 5) is 2.58. The third kappa shape index (κ3) is 4.87. The fraction of sp³-hybridized carbons (Fsp3) is 1.00. The summed E-state index contributed by atoms with van der Waals surface area (Å²) in [5.41, 5.74) is 6.58. The lowest BCUT2D eigenvalue weighted by Gasteiger charge is -2.33. The molecule has 3 nitrogen and oxygen atoms in total. The average molecular weight is 256 g/mol. The first-order chi connectivity index (χ1) is 8.65. The summed E-state index contributed by atoms with van der Waals surface area (Å²) in [6.07, 6.45) is 8.66. The minimum Gasteiger partial charge on any atom is -0.383 e. The van der Waals surface area contributed by atoms with E-state index in [9.17, 15) is 0 Å². The molecule has 1 rings (SSSR count). The number of nitrogens with two attached hydrogens (primary N) is 1. The highest BCUT2D eigenvalue weighted by molar-refractivity contribution is 4.90. The molecule has 3 heteroatoms. The van der Waals surface area contributed by atoms with Crippen molar-refractivity contribution in [1.29, 1.82) is 0 Å². The van der Waals surface area contributed by atoms with Gasteiger partial charge in [0.2, 0.25) is 0 Å². The molecular weight excluding hydrogens is 224 g/mol. The number of hydrogen-bond acceptors (Lipinski definition) is 3. The van der Waals surface area contributed by atoms with Crippen LogP contribution in [0, 0.1) is 0 Å². The SMILES string of the molecule is CCC(CC)N(CCOC)CCC1(N)CCCC1. The van der Waals surface area contributed by atoms with Crippen LogP contribution in [0.4, 0.5) is 0 Å². The molecule has 0 amide bonds. The van der Waals surface area contributed by atoms with E-state index in [1.54, 1.807) is 7.11 Å². The largest absolute Gasteiger partial charge is 0.383 e. The van der Waals surface area contributed by atoms with Crippen molar-refractivity contribution in [2.75, 3.05) is 26.8 Å². The highest BCUT2D eigenvalue weighted by Gasteiger charge is 2.30. The fourth-order valence-electron chi connectivity index (χ4n) is 3.19. The van der Waals surface area contributed by atoms with Crippen molar-refractivity contribution in [2.24, 2.45) is 5.73 Å². The second kappa shape index (κ2) is 8.13. The van der Waals surface area contributed by atoms with Crippen molar-refractivity contribution in [3.05, 3.63) is 0 Å². The molecule has 18 heavy (non-hydrogen) atoms. The van der Waals surface area contributed by atoms with E-state index in [2.05, 4.69) is 18.7 Å². The van der Waals surface area contributed by atoms with E-state index < -0.39 is 0 Å². The maximum absolute atomic E-state index is 6.46. The normalized spacial score (nSPS) is 19.0. The van der Waals surface area contributed by atoms with Gasteiger partial charge in [0.05, 0.1) is 6.61 Å². The quantitative estimate of drug-likeness (QED) is 0.689. The smallest absolute Gasteiger partial charge is 0.0589 e. The Hall–Kier alpha value is -0.120. The summed E-state index contributed by atoms with van der Waals surface area (Å²) in [5.74, 6) is 0. The molecule has 1 saturated carbocycles. The number of methoxy groups -OCH3 is 1. The van der Waals surface area contributed by atoms with Gasteiger partial charge in [0.25, 0.3) is 0 Å². The van der Waals surface area contributed by atoms with Crippen molar-refractivity contribution in [3.63, 3.8) is 0 Å². The first kappa shape index (κ1) is 15.9. The van der Waals surface area contributed by atoms with Crippen LogP contribution < -0.4 is 5.73 Å². The summed E-state index contributed by atoms with van der Waals surface area (Å²) in [7, 11) is 1.78. The Morgan fingerprint density at radius 1 is 1.17 bits per heavy atom. The summed E-state index contributed by atoms with van der Waals surface area (Å²) >= 11 is 0. The van der Waals surface area contributed by atoms with Crippen molar-refractivity contribution in [1.82, 2.24) is 4.90 Å². The molecule has 0 radical (unpaired) electrons. The van der Waals surface area contributed by atoms with Crippen molar-refractivity contribution >= 4 is 0 Å². The minimum atomic E-state index is 0.122. The first-order valence-corrected chi connectivity index (χ1v) is 7.67. The molecule has 1 aliphatic rings. The zero-order valence-corrected chi connectivity index (χ0v) is 12.6. The number of rotatable bonds is 9. The highest BCUT2D eigenvalue weighted by Crippen LogP contribution is 2.30. The molecule has 0 atom stereocenters. The molecule has 2 N–H and O–H groups in total. The van der Waals surface area contributed by atoms with Gasteiger partial charge in [0.15, 0.2) is 0 Å². The first-order valence-electron chi connectivity index (χ1n) is 7.67. The Kier molecular flexibility index (Phi) is 7.20. The molecule has 0 saturated heterocycles. The van der Waals surface area contributed by atoms with Gasteiger partial charge in [-0.25, -0.2) is 0 Å². The molecule has 0 aromatic heterocycles. The summed E-state index contributed by atoms with van der Waals surface area (Å²) in [6, 6.07) is 0.685. The van der Waals surface area contributed by atoms with Crippen LogP contribution in [-0.4, -0.2) is 43.3 Å². The van der Waals surface area contributed by atoms with Gasteiger partial charge in [-0.1, -0.05) is 26.7 Å². The van der Waals surface area contributed by atoms with Crippen LogP contribution in [0.5, 0.6) is 0 Å². The van der Waals surface area contributed by atoms with Gasteiger partial charge in [-0.2, -0.15) is 0 Å². The van der Waals surface area contributed by atoms with Crippen LogP contribution in [0.25, 0.3) is 0 Å². The van der Waals surface area contributed by atoms with Gasteiger partial charge < -0.3 is 10.5 Å². The molecule has 0 spiro atoms. The molecule has 0 aromatic rings. The third-order valence-corrected chi connectivity index (χ3v) is 4.54. The van der Waals surface area contributed by atoms with E-state index in [0.29, 0.717) is 6.04 Å². The molecule has 0 heterocycles. The Labute approximate surface area is 113 Å². The maximum Gasteiger partial charge on any atom is 0.0589 e. The summed E-state index contributed by atoms with van der Waals surface area (Å²) in [6.45, 7) is 7.56. The highest BCUT2D eigenvalue weighted by atomic mass is 16.5. The van der Waals surface area contributed by atoms with Gasteiger partial charge >= 0.3 is 0 Å². The standard InChI is InChI=1S/C15H32N2O/c1-4-14(5-2)17(12-13-18-3)11-10-15(16)8-6-7-9-15/h14H,4-13,16H2,1-3H3. The van der Waals surface area contributed by atoms with E-state index in [0.717, 1.165) is 26.1 Å². The molecule has 0 bridgehead atoms. The Morgan fingerprint density at radius 2 is 1.78 bits per heavy atom. The van der Waals surface area contributed by atoms with Crippen LogP contribution in [0.1, 0.15) is 58.8 Å². The third-order valence-electron chi connectivity index (χ3n) is 4.54. The maximum atomic E-state index is 6.46. The fourth-order valence-corrected chi connectivity index (χ4v) is 3.19. The average Bonchev–Trinajstić information content (AvgIpc) is 2.80. The van der Waals surface area contributed by atoms with Crippen LogP contribution in [0.15, 0.2) is 0 Å². The molecule has 0 aliphatic heterocycles. The Balaban J connectivity index is 2.43. The zero-order valence-electron chi connectivity index (χ0n) is 12.6. The minimum absolute atomic E-state index is 0.122. The Bertz CT molecular complexity index is 211. The summed E-state index contributed by atoms with van der Waals surface area (Å²) < 4.78 is 5.24. The molecular formula is C15H32N2O. The number of hydrogen-bond donors (Lipinski definition) is 1. The zero-order chi connectivity index (χ0) is 13.4. The van der Waals surface area contributed by atoms with Crippen LogP contribution >= 0.6 is 0 Å². The lowest BCUT2D eigenvalue weighted by atomic mass is 9.94. The molecule has 108 valence electrons. The van der Waals surface area contributed by atoms with Crippen molar-refractivity contribution < 1.29 is 4.74 Å². The van der Waals surface area contributed by atoms with E-state index in [1.165, 1.54) is 38.5 Å². The number of nitrogens with zero attached hydrogens (tertiary/aromatic N) is 1. The van der Waals surface area contributed by atoms with Gasteiger partial charge in [-0.05, 0) is 32.1 Å². The van der Waals surface area contributed by atoms with Crippen LogP contribution in [-0.2, 0) is 4.74 Å². The molecule has 0 aromatic carbocycles. The van der Waals surface area contributed by atoms with E-state index >= 15 is 0 Å². The molecule has 0 unspecified atom stereocenters. The van der Waals surface area contributed by atoms with Gasteiger partial charge in [0, 0.05) is 31.8 Å². The van der Waals surface area contributed by atoms with E-state index in [1.807, 2.05) is 0 Å². The predicted octanol–water partition coefficient (Wildman–Crippen LogP) is 2.79. The van der Waals surface area contributed by atoms with Gasteiger partial charge in [0.1, 0.15) is 0 Å².